The number of nitrogens with zero attached hydrogens (tertiary/aromatic N) is 1. The zero-order valence-corrected chi connectivity index (χ0v) is 12.3. The van der Waals surface area contributed by atoms with Crippen LogP contribution in [0.5, 0.6) is 0 Å². The summed E-state index contributed by atoms with van der Waals surface area (Å²) in [6, 6.07) is -0.125. The number of nitrogens with one attached hydrogen (secondary N) is 1. The molecule has 0 aromatic carbocycles. The molecule has 1 radical (unpaired) electrons. The van der Waals surface area contributed by atoms with Crippen LogP contribution in [0.1, 0.15) is 78.1 Å². The molecule has 0 unspecified atom stereocenters. The van der Waals surface area contributed by atoms with Gasteiger partial charge in [-0.1, -0.05) is 65.2 Å². The second-order valence-electron chi connectivity index (χ2n) is 4.94. The first-order chi connectivity index (χ1) is 8.81. The highest BCUT2D eigenvalue weighted by molar-refractivity contribution is 5.73. The van der Waals surface area contributed by atoms with Gasteiger partial charge in [0, 0.05) is 13.1 Å². The Morgan fingerprint density at radius 3 is 2.06 bits per heavy atom. The van der Waals surface area contributed by atoms with Gasteiger partial charge in [-0.15, -0.1) is 0 Å². The molecule has 2 amide bonds. The second-order valence-corrected chi connectivity index (χ2v) is 4.94. The summed E-state index contributed by atoms with van der Waals surface area (Å²) in [6.07, 6.45) is 12.2. The predicted molar refractivity (Wildman–Crippen MR) is 77.9 cm³/mol. The van der Waals surface area contributed by atoms with Crippen LogP contribution in [-0.2, 0) is 0 Å². The van der Waals surface area contributed by atoms with Crippen LogP contribution < -0.4 is 10.6 Å². The minimum atomic E-state index is -0.125. The Kier molecular flexibility index (Phi) is 13.8. The third kappa shape index (κ3) is 13.3. The van der Waals surface area contributed by atoms with Gasteiger partial charge in [-0.25, -0.2) is 10.1 Å². The van der Waals surface area contributed by atoms with Gasteiger partial charge in [0.15, 0.2) is 0 Å². The van der Waals surface area contributed by atoms with E-state index in [1.54, 1.807) is 0 Å². The summed E-state index contributed by atoms with van der Waals surface area (Å²) in [4.78, 5) is 11.3. The maximum atomic E-state index is 11.3. The van der Waals surface area contributed by atoms with E-state index in [0.717, 1.165) is 19.4 Å². The van der Waals surface area contributed by atoms with Gasteiger partial charge in [-0.2, -0.15) is 0 Å². The van der Waals surface area contributed by atoms with Crippen LogP contribution in [0, 0.1) is 0 Å². The molecule has 0 fully saturated rings. The zero-order valence-electron chi connectivity index (χ0n) is 12.3. The third-order valence-electron chi connectivity index (χ3n) is 3.07. The lowest BCUT2D eigenvalue weighted by Crippen LogP contribution is -2.31. The average Bonchev–Trinajstić information content (AvgIpc) is 2.37. The van der Waals surface area contributed by atoms with Crippen molar-refractivity contribution in [3.63, 3.8) is 0 Å². The first-order valence-corrected chi connectivity index (χ1v) is 7.76. The van der Waals surface area contributed by atoms with Crippen molar-refractivity contribution in [1.82, 2.24) is 10.6 Å². The number of unbranched alkanes of at least 4 members (excludes halogenated alkanes) is 8. The van der Waals surface area contributed by atoms with Gasteiger partial charge in [-0.05, 0) is 12.8 Å². The van der Waals surface area contributed by atoms with Crippen molar-refractivity contribution in [2.45, 2.75) is 78.1 Å². The normalized spacial score (nSPS) is 10.3. The summed E-state index contributed by atoms with van der Waals surface area (Å²) in [7, 11) is 0. The summed E-state index contributed by atoms with van der Waals surface area (Å²) in [5.41, 5.74) is 0. The molecule has 0 heterocycles. The van der Waals surface area contributed by atoms with E-state index >= 15 is 0 Å². The van der Waals surface area contributed by atoms with Gasteiger partial charge >= 0.3 is 6.03 Å². The van der Waals surface area contributed by atoms with Crippen molar-refractivity contribution < 1.29 is 4.79 Å². The molecule has 0 saturated carbocycles. The Hall–Kier alpha value is -0.730. The minimum Gasteiger partial charge on any atom is -0.337 e. The highest BCUT2D eigenvalue weighted by Gasteiger charge is 2.00. The van der Waals surface area contributed by atoms with Gasteiger partial charge < -0.3 is 5.32 Å². The van der Waals surface area contributed by atoms with Crippen LogP contribution in [0.3, 0.4) is 0 Å². The monoisotopic (exact) mass is 255 g/mol. The van der Waals surface area contributed by atoms with Crippen LogP contribution in [0.15, 0.2) is 0 Å². The Labute approximate surface area is 113 Å². The summed E-state index contributed by atoms with van der Waals surface area (Å²) < 4.78 is 0. The van der Waals surface area contributed by atoms with Gasteiger partial charge in [-0.3, -0.25) is 0 Å². The molecule has 3 nitrogen and oxygen atoms in total. The Bertz CT molecular complexity index is 183. The Balaban J connectivity index is 3.12. The Morgan fingerprint density at radius 1 is 0.833 bits per heavy atom. The van der Waals surface area contributed by atoms with Crippen molar-refractivity contribution in [2.75, 3.05) is 13.1 Å². The molecule has 18 heavy (non-hydrogen) atoms. The molecule has 1 N–H and O–H groups in total. The molecule has 0 aliphatic carbocycles. The first kappa shape index (κ1) is 17.3. The van der Waals surface area contributed by atoms with Crippen molar-refractivity contribution in [1.29, 1.82) is 0 Å². The highest BCUT2D eigenvalue weighted by atomic mass is 16.2. The summed E-state index contributed by atoms with van der Waals surface area (Å²) in [5, 5.41) is 6.85. The largest absolute Gasteiger partial charge is 0.337 e. The van der Waals surface area contributed by atoms with Crippen molar-refractivity contribution in [3.05, 3.63) is 0 Å². The molecule has 0 aliphatic heterocycles. The fraction of sp³-hybridized carbons (Fsp3) is 0.933. The van der Waals surface area contributed by atoms with Crippen LogP contribution >= 0.6 is 0 Å². The second kappa shape index (κ2) is 14.3. The maximum absolute atomic E-state index is 11.3. The lowest BCUT2D eigenvalue weighted by Gasteiger charge is -2.05. The SMILES string of the molecule is CCCCCCCCNC(=O)[N]CCCCCC. The molecule has 0 spiro atoms. The number of rotatable bonds is 12. The standard InChI is InChI=1S/C15H31N2O/c1-3-5-7-9-10-12-14-17-15(18)16-13-11-8-6-4-2/h3-14H2,1-2H3,(H,17,18). The van der Waals surface area contributed by atoms with Crippen LogP contribution in [-0.4, -0.2) is 19.1 Å². The predicted octanol–water partition coefficient (Wildman–Crippen LogP) is 4.24. The fourth-order valence-corrected chi connectivity index (χ4v) is 1.88. The van der Waals surface area contributed by atoms with Crippen LogP contribution in [0.25, 0.3) is 0 Å². The van der Waals surface area contributed by atoms with Gasteiger partial charge in [0.25, 0.3) is 0 Å². The summed E-state index contributed by atoms with van der Waals surface area (Å²) in [5.74, 6) is 0. The minimum absolute atomic E-state index is 0.125. The van der Waals surface area contributed by atoms with Crippen molar-refractivity contribution in [3.8, 4) is 0 Å². The van der Waals surface area contributed by atoms with Crippen LogP contribution in [0.2, 0.25) is 0 Å². The van der Waals surface area contributed by atoms with Gasteiger partial charge in [0.2, 0.25) is 0 Å². The lowest BCUT2D eigenvalue weighted by atomic mass is 10.1. The Morgan fingerprint density at radius 2 is 1.39 bits per heavy atom. The number of hydrogen-bond acceptors (Lipinski definition) is 1. The first-order valence-electron chi connectivity index (χ1n) is 7.76. The van der Waals surface area contributed by atoms with E-state index in [-0.39, 0.29) is 6.03 Å². The molecular formula is C15H31N2O. The highest BCUT2D eigenvalue weighted by Crippen LogP contribution is 2.04. The van der Waals surface area contributed by atoms with E-state index < -0.39 is 0 Å². The number of urea groups is 1. The molecular weight excluding hydrogens is 224 g/mol. The van der Waals surface area contributed by atoms with Gasteiger partial charge in [0.05, 0.1) is 0 Å². The maximum Gasteiger partial charge on any atom is 0.336 e. The van der Waals surface area contributed by atoms with E-state index in [4.69, 9.17) is 0 Å². The zero-order chi connectivity index (χ0) is 13.5. The van der Waals surface area contributed by atoms with E-state index in [1.807, 2.05) is 0 Å². The average molecular weight is 255 g/mol. The van der Waals surface area contributed by atoms with E-state index in [0.29, 0.717) is 6.54 Å². The van der Waals surface area contributed by atoms with Crippen molar-refractivity contribution in [2.24, 2.45) is 0 Å². The number of carbonyl (C=O) groups is 1. The molecule has 0 bridgehead atoms. The van der Waals surface area contributed by atoms with E-state index in [9.17, 15) is 4.79 Å². The molecule has 0 atom stereocenters. The topological polar surface area (TPSA) is 43.2 Å². The molecule has 0 aromatic heterocycles. The molecule has 0 saturated heterocycles. The van der Waals surface area contributed by atoms with Crippen LogP contribution in [0.4, 0.5) is 4.79 Å². The van der Waals surface area contributed by atoms with Crippen molar-refractivity contribution >= 4 is 6.03 Å². The smallest absolute Gasteiger partial charge is 0.336 e. The molecule has 0 rings (SSSR count). The molecule has 0 aromatic rings. The lowest BCUT2D eigenvalue weighted by molar-refractivity contribution is 0.239. The molecule has 107 valence electrons. The summed E-state index contributed by atoms with van der Waals surface area (Å²) >= 11 is 0. The molecule has 3 heteroatoms. The fourth-order valence-electron chi connectivity index (χ4n) is 1.88. The van der Waals surface area contributed by atoms with Gasteiger partial charge in [0.1, 0.15) is 0 Å². The van der Waals surface area contributed by atoms with E-state index in [2.05, 4.69) is 24.5 Å². The number of hydrogen-bond donors (Lipinski definition) is 1. The number of carbonyl (C=O) groups excluding carboxylic acids is 1. The van der Waals surface area contributed by atoms with E-state index in [1.165, 1.54) is 51.4 Å². The summed E-state index contributed by atoms with van der Waals surface area (Å²) in [6.45, 7) is 5.87. The third-order valence-corrected chi connectivity index (χ3v) is 3.07. The molecule has 0 aliphatic rings. The number of amides is 2. The quantitative estimate of drug-likeness (QED) is 0.521.